The number of hydrogen-bond acceptors (Lipinski definition) is 6. The summed E-state index contributed by atoms with van der Waals surface area (Å²) in [6.45, 7) is 3.70. The van der Waals surface area contributed by atoms with Crippen LogP contribution in [0.4, 0.5) is 10.5 Å². The summed E-state index contributed by atoms with van der Waals surface area (Å²) in [7, 11) is 1.52. The lowest BCUT2D eigenvalue weighted by molar-refractivity contribution is 0.0988. The van der Waals surface area contributed by atoms with Crippen LogP contribution in [0.25, 0.3) is 0 Å². The Bertz CT molecular complexity index is 754. The van der Waals surface area contributed by atoms with E-state index in [2.05, 4.69) is 15.3 Å². The van der Waals surface area contributed by atoms with Gasteiger partial charge in [0.05, 0.1) is 20.3 Å². The van der Waals surface area contributed by atoms with E-state index in [4.69, 9.17) is 14.2 Å². The van der Waals surface area contributed by atoms with Crippen LogP contribution in [0.15, 0.2) is 36.7 Å². The summed E-state index contributed by atoms with van der Waals surface area (Å²) in [4.78, 5) is 22.6. The van der Waals surface area contributed by atoms with Crippen LogP contribution in [0.1, 0.15) is 19.8 Å². The van der Waals surface area contributed by atoms with Crippen molar-refractivity contribution < 1.29 is 19.0 Å². The van der Waals surface area contributed by atoms with E-state index in [1.807, 2.05) is 31.2 Å². The molecule has 0 spiro atoms. The molecule has 2 heterocycles. The van der Waals surface area contributed by atoms with Gasteiger partial charge >= 0.3 is 6.03 Å². The van der Waals surface area contributed by atoms with Crippen molar-refractivity contribution in [1.29, 1.82) is 0 Å². The lowest BCUT2D eigenvalue weighted by atomic mass is 10.1. The number of amides is 2. The molecule has 3 rings (SSSR count). The number of nitrogens with one attached hydrogen (secondary N) is 1. The number of likely N-dealkylation sites (tertiary alicyclic amines) is 1. The summed E-state index contributed by atoms with van der Waals surface area (Å²) in [5.41, 5.74) is 0.724. The number of piperidine rings is 1. The van der Waals surface area contributed by atoms with E-state index in [-0.39, 0.29) is 12.1 Å². The first-order valence-corrected chi connectivity index (χ1v) is 9.00. The van der Waals surface area contributed by atoms with E-state index in [9.17, 15) is 4.79 Å². The van der Waals surface area contributed by atoms with Gasteiger partial charge in [0.15, 0.2) is 0 Å². The molecule has 1 N–H and O–H groups in total. The zero-order chi connectivity index (χ0) is 19.1. The number of urea groups is 1. The van der Waals surface area contributed by atoms with E-state index in [0.717, 1.165) is 24.3 Å². The van der Waals surface area contributed by atoms with Gasteiger partial charge in [-0.15, -0.1) is 0 Å². The smallest absolute Gasteiger partial charge is 0.321 e. The van der Waals surface area contributed by atoms with Crippen LogP contribution in [0.2, 0.25) is 0 Å². The minimum Gasteiger partial charge on any atom is -0.494 e. The van der Waals surface area contributed by atoms with Crippen LogP contribution < -0.4 is 19.5 Å². The van der Waals surface area contributed by atoms with Crippen LogP contribution >= 0.6 is 0 Å². The molecule has 1 fully saturated rings. The fraction of sp³-hybridized carbons (Fsp3) is 0.421. The molecule has 8 nitrogen and oxygen atoms in total. The van der Waals surface area contributed by atoms with E-state index in [1.54, 1.807) is 17.3 Å². The molecule has 8 heteroatoms. The predicted octanol–water partition coefficient (Wildman–Crippen LogP) is 2.96. The van der Waals surface area contributed by atoms with Crippen LogP contribution in [0.5, 0.6) is 17.5 Å². The highest BCUT2D eigenvalue weighted by Crippen LogP contribution is 2.24. The van der Waals surface area contributed by atoms with Gasteiger partial charge in [-0.1, -0.05) is 0 Å². The SMILES string of the molecule is CCOc1ccc(NC(=O)N2CCCC(Oc3nccnc3OC)C2)cc1. The first-order chi connectivity index (χ1) is 13.2. The van der Waals surface area contributed by atoms with Crippen molar-refractivity contribution in [3.63, 3.8) is 0 Å². The zero-order valence-electron chi connectivity index (χ0n) is 15.6. The Morgan fingerprint density at radius 2 is 1.96 bits per heavy atom. The summed E-state index contributed by atoms with van der Waals surface area (Å²) in [6, 6.07) is 7.16. The number of ether oxygens (including phenoxy) is 3. The fourth-order valence-corrected chi connectivity index (χ4v) is 2.91. The highest BCUT2D eigenvalue weighted by molar-refractivity contribution is 5.89. The van der Waals surface area contributed by atoms with Crippen molar-refractivity contribution in [2.24, 2.45) is 0 Å². The Labute approximate surface area is 158 Å². The van der Waals surface area contributed by atoms with Gasteiger partial charge in [0.1, 0.15) is 11.9 Å². The van der Waals surface area contributed by atoms with Gasteiger partial charge in [0, 0.05) is 24.6 Å². The van der Waals surface area contributed by atoms with Crippen molar-refractivity contribution in [2.45, 2.75) is 25.9 Å². The number of aromatic nitrogens is 2. The first-order valence-electron chi connectivity index (χ1n) is 9.00. The second kappa shape index (κ2) is 9.07. The normalized spacial score (nSPS) is 16.5. The van der Waals surface area contributed by atoms with Gasteiger partial charge in [-0.05, 0) is 44.0 Å². The minimum atomic E-state index is -0.157. The van der Waals surface area contributed by atoms with Gasteiger partial charge in [-0.3, -0.25) is 0 Å². The Balaban J connectivity index is 1.57. The molecule has 1 aliphatic heterocycles. The number of rotatable bonds is 6. The molecule has 0 radical (unpaired) electrons. The third-order valence-electron chi connectivity index (χ3n) is 4.19. The molecule has 2 amide bonds. The summed E-state index contributed by atoms with van der Waals surface area (Å²) in [5.74, 6) is 1.46. The number of anilines is 1. The minimum absolute atomic E-state index is 0.154. The van der Waals surface area contributed by atoms with Gasteiger partial charge in [0.2, 0.25) is 0 Å². The highest BCUT2D eigenvalue weighted by Gasteiger charge is 2.26. The maximum atomic E-state index is 12.6. The quantitative estimate of drug-likeness (QED) is 0.839. The van der Waals surface area contributed by atoms with Crippen LogP contribution in [-0.2, 0) is 0 Å². The summed E-state index contributed by atoms with van der Waals surface area (Å²) in [5, 5.41) is 2.91. The van der Waals surface area contributed by atoms with Crippen LogP contribution in [0, 0.1) is 0 Å². The fourth-order valence-electron chi connectivity index (χ4n) is 2.91. The predicted molar refractivity (Wildman–Crippen MR) is 100 cm³/mol. The number of methoxy groups -OCH3 is 1. The van der Waals surface area contributed by atoms with Gasteiger partial charge in [-0.2, -0.15) is 0 Å². The third kappa shape index (κ3) is 4.99. The van der Waals surface area contributed by atoms with E-state index < -0.39 is 0 Å². The molecule has 1 aromatic carbocycles. The lowest BCUT2D eigenvalue weighted by Crippen LogP contribution is -2.46. The average Bonchev–Trinajstić information content (AvgIpc) is 2.70. The molecule has 1 atom stereocenters. The highest BCUT2D eigenvalue weighted by atomic mass is 16.5. The van der Waals surface area contributed by atoms with Crippen LogP contribution in [-0.4, -0.2) is 53.8 Å². The summed E-state index contributed by atoms with van der Waals surface area (Å²) >= 11 is 0. The third-order valence-corrected chi connectivity index (χ3v) is 4.19. The average molecular weight is 372 g/mol. The van der Waals surface area contributed by atoms with Crippen molar-refractivity contribution >= 4 is 11.7 Å². The molecule has 27 heavy (non-hydrogen) atoms. The molecule has 1 saturated heterocycles. The Morgan fingerprint density at radius 3 is 2.67 bits per heavy atom. The van der Waals surface area contributed by atoms with Gasteiger partial charge in [-0.25, -0.2) is 14.8 Å². The summed E-state index contributed by atoms with van der Waals surface area (Å²) < 4.78 is 16.5. The van der Waals surface area contributed by atoms with Crippen molar-refractivity contribution in [2.75, 3.05) is 32.1 Å². The molecule has 2 aromatic rings. The second-order valence-corrected chi connectivity index (χ2v) is 6.09. The van der Waals surface area contributed by atoms with Gasteiger partial charge < -0.3 is 24.4 Å². The second-order valence-electron chi connectivity index (χ2n) is 6.09. The molecular weight excluding hydrogens is 348 g/mol. The summed E-state index contributed by atoms with van der Waals surface area (Å²) in [6.07, 6.45) is 4.63. The number of hydrogen-bond donors (Lipinski definition) is 1. The molecule has 1 unspecified atom stereocenters. The maximum Gasteiger partial charge on any atom is 0.321 e. The molecule has 0 aliphatic carbocycles. The van der Waals surface area contributed by atoms with E-state index in [0.29, 0.717) is 31.5 Å². The molecule has 1 aromatic heterocycles. The van der Waals surface area contributed by atoms with E-state index >= 15 is 0 Å². The molecule has 144 valence electrons. The topological polar surface area (TPSA) is 85.8 Å². The Kier molecular flexibility index (Phi) is 6.30. The van der Waals surface area contributed by atoms with Crippen molar-refractivity contribution in [1.82, 2.24) is 14.9 Å². The molecule has 1 aliphatic rings. The molecule has 0 saturated carbocycles. The molecular formula is C19H24N4O4. The zero-order valence-corrected chi connectivity index (χ0v) is 15.6. The van der Waals surface area contributed by atoms with Crippen LogP contribution in [0.3, 0.4) is 0 Å². The van der Waals surface area contributed by atoms with Crippen molar-refractivity contribution in [3.05, 3.63) is 36.7 Å². The monoisotopic (exact) mass is 372 g/mol. The molecule has 0 bridgehead atoms. The standard InChI is InChI=1S/C19H24N4O4/c1-3-26-15-8-6-14(7-9-15)22-19(24)23-12-4-5-16(13-23)27-18-17(25-2)20-10-11-21-18/h6-11,16H,3-5,12-13H2,1-2H3,(H,22,24). The van der Waals surface area contributed by atoms with E-state index in [1.165, 1.54) is 7.11 Å². The maximum absolute atomic E-state index is 12.6. The number of carbonyl (C=O) groups excluding carboxylic acids is 1. The number of nitrogens with zero attached hydrogens (tertiary/aromatic N) is 3. The lowest BCUT2D eigenvalue weighted by Gasteiger charge is -2.32. The van der Waals surface area contributed by atoms with Gasteiger partial charge in [0.25, 0.3) is 11.8 Å². The first kappa shape index (κ1) is 18.8. The largest absolute Gasteiger partial charge is 0.494 e. The Hall–Kier alpha value is -3.03. The Morgan fingerprint density at radius 1 is 1.22 bits per heavy atom. The number of benzene rings is 1. The number of carbonyl (C=O) groups is 1. The van der Waals surface area contributed by atoms with Crippen molar-refractivity contribution in [3.8, 4) is 17.5 Å².